The lowest BCUT2D eigenvalue weighted by Gasteiger charge is -2.09. The molecule has 0 aliphatic carbocycles. The summed E-state index contributed by atoms with van der Waals surface area (Å²) in [6.07, 6.45) is 1.04. The highest BCUT2D eigenvalue weighted by atomic mass is 35.5. The Bertz CT molecular complexity index is 474. The molecule has 0 aliphatic rings. The fraction of sp³-hybridized carbons (Fsp3) is 0.429. The van der Waals surface area contributed by atoms with Crippen molar-refractivity contribution in [1.82, 2.24) is 9.97 Å². The number of nitrogens with one attached hydrogen (secondary N) is 1. The van der Waals surface area contributed by atoms with Gasteiger partial charge in [0.2, 0.25) is 5.28 Å². The van der Waals surface area contributed by atoms with Crippen LogP contribution in [0.2, 0.25) is 5.28 Å². The van der Waals surface area contributed by atoms with E-state index in [1.165, 1.54) is 0 Å². The van der Waals surface area contributed by atoms with Crippen molar-refractivity contribution in [1.29, 1.82) is 0 Å². The van der Waals surface area contributed by atoms with E-state index in [9.17, 15) is 8.42 Å². The zero-order chi connectivity index (χ0) is 11.6. The molecule has 0 saturated heterocycles. The van der Waals surface area contributed by atoms with E-state index >= 15 is 0 Å². The van der Waals surface area contributed by atoms with E-state index in [4.69, 9.17) is 17.3 Å². The second kappa shape index (κ2) is 4.19. The van der Waals surface area contributed by atoms with Crippen LogP contribution in [0.15, 0.2) is 4.90 Å². The zero-order valence-corrected chi connectivity index (χ0v) is 9.85. The van der Waals surface area contributed by atoms with Crippen LogP contribution in [-0.4, -0.2) is 31.2 Å². The number of nitrogens with two attached hydrogens (primary N) is 1. The average Bonchev–Trinajstić information content (AvgIpc) is 1.99. The Morgan fingerprint density at radius 1 is 1.47 bits per heavy atom. The summed E-state index contributed by atoms with van der Waals surface area (Å²) in [5.41, 5.74) is 5.48. The van der Waals surface area contributed by atoms with Gasteiger partial charge in [-0.1, -0.05) is 0 Å². The Labute approximate surface area is 92.8 Å². The third-order valence-corrected chi connectivity index (χ3v) is 2.89. The third-order valence-electron chi connectivity index (χ3n) is 1.58. The van der Waals surface area contributed by atoms with Crippen molar-refractivity contribution >= 4 is 33.1 Å². The first-order valence-corrected chi connectivity index (χ1v) is 6.40. The second-order valence-corrected chi connectivity index (χ2v) is 5.15. The topological polar surface area (TPSA) is 98.0 Å². The molecular formula is C7H11ClN4O2S. The van der Waals surface area contributed by atoms with Crippen LogP contribution in [0, 0.1) is 0 Å². The Morgan fingerprint density at radius 3 is 2.53 bits per heavy atom. The van der Waals surface area contributed by atoms with Crippen molar-refractivity contribution in [3.63, 3.8) is 0 Å². The number of sulfone groups is 1. The molecule has 8 heteroatoms. The highest BCUT2D eigenvalue weighted by molar-refractivity contribution is 7.91. The summed E-state index contributed by atoms with van der Waals surface area (Å²) in [4.78, 5) is 7.25. The minimum atomic E-state index is -3.47. The lowest BCUT2D eigenvalue weighted by atomic mass is 10.5. The first-order valence-electron chi connectivity index (χ1n) is 4.13. The predicted octanol–water partition coefficient (Wildman–Crippen LogP) is 0.548. The summed E-state index contributed by atoms with van der Waals surface area (Å²) in [7, 11) is -3.47. The fourth-order valence-corrected chi connectivity index (χ4v) is 2.16. The monoisotopic (exact) mass is 250 g/mol. The summed E-state index contributed by atoms with van der Waals surface area (Å²) in [6, 6.07) is 0. The summed E-state index contributed by atoms with van der Waals surface area (Å²) >= 11 is 5.57. The first-order chi connectivity index (χ1) is 6.86. The van der Waals surface area contributed by atoms with Gasteiger partial charge in [0.05, 0.1) is 0 Å². The molecule has 84 valence electrons. The molecule has 15 heavy (non-hydrogen) atoms. The molecule has 0 aliphatic heterocycles. The van der Waals surface area contributed by atoms with Crippen LogP contribution in [-0.2, 0) is 9.84 Å². The maximum absolute atomic E-state index is 11.4. The van der Waals surface area contributed by atoms with Gasteiger partial charge < -0.3 is 11.1 Å². The molecule has 3 N–H and O–H groups in total. The number of aromatic nitrogens is 2. The van der Waals surface area contributed by atoms with Gasteiger partial charge in [-0.3, -0.25) is 0 Å². The maximum atomic E-state index is 11.4. The lowest BCUT2D eigenvalue weighted by molar-refractivity contribution is 0.602. The van der Waals surface area contributed by atoms with Crippen molar-refractivity contribution in [2.75, 3.05) is 23.9 Å². The van der Waals surface area contributed by atoms with E-state index in [1.54, 1.807) is 6.92 Å². The van der Waals surface area contributed by atoms with Crippen LogP contribution in [0.1, 0.15) is 6.92 Å². The van der Waals surface area contributed by atoms with Crippen LogP contribution in [0.3, 0.4) is 0 Å². The van der Waals surface area contributed by atoms with Crippen LogP contribution in [0.5, 0.6) is 0 Å². The van der Waals surface area contributed by atoms with Crippen molar-refractivity contribution < 1.29 is 8.42 Å². The van der Waals surface area contributed by atoms with Gasteiger partial charge in [-0.2, -0.15) is 9.97 Å². The van der Waals surface area contributed by atoms with Gasteiger partial charge in [-0.15, -0.1) is 0 Å². The molecule has 0 bridgehead atoms. The molecule has 0 aromatic carbocycles. The van der Waals surface area contributed by atoms with Gasteiger partial charge in [-0.05, 0) is 18.5 Å². The van der Waals surface area contributed by atoms with Crippen LogP contribution >= 0.6 is 11.6 Å². The van der Waals surface area contributed by atoms with Crippen molar-refractivity contribution in [2.24, 2.45) is 0 Å². The van der Waals surface area contributed by atoms with Crippen LogP contribution < -0.4 is 11.1 Å². The van der Waals surface area contributed by atoms with Gasteiger partial charge in [0, 0.05) is 12.8 Å². The molecule has 1 rings (SSSR count). The van der Waals surface area contributed by atoms with Gasteiger partial charge in [0.15, 0.2) is 20.6 Å². The predicted molar refractivity (Wildman–Crippen MR) is 58.7 cm³/mol. The molecule has 0 spiro atoms. The summed E-state index contributed by atoms with van der Waals surface area (Å²) in [5, 5.41) is 2.68. The largest absolute Gasteiger partial charge is 0.382 e. The van der Waals surface area contributed by atoms with Crippen LogP contribution in [0.25, 0.3) is 0 Å². The third kappa shape index (κ3) is 2.69. The molecule has 1 aromatic heterocycles. The Morgan fingerprint density at radius 2 is 2.07 bits per heavy atom. The number of hydrogen-bond donors (Lipinski definition) is 2. The van der Waals surface area contributed by atoms with Crippen molar-refractivity contribution in [3.8, 4) is 0 Å². The van der Waals surface area contributed by atoms with Crippen LogP contribution in [0.4, 0.5) is 11.6 Å². The van der Waals surface area contributed by atoms with Gasteiger partial charge >= 0.3 is 0 Å². The molecule has 0 amide bonds. The van der Waals surface area contributed by atoms with Crippen molar-refractivity contribution in [2.45, 2.75) is 11.8 Å². The Kier molecular flexibility index (Phi) is 3.35. The quantitative estimate of drug-likeness (QED) is 0.760. The number of anilines is 2. The highest BCUT2D eigenvalue weighted by Gasteiger charge is 2.20. The molecule has 1 aromatic rings. The molecule has 0 unspecified atom stereocenters. The second-order valence-electron chi connectivity index (χ2n) is 2.86. The van der Waals surface area contributed by atoms with Gasteiger partial charge in [0.25, 0.3) is 0 Å². The standard InChI is InChI=1S/C7H11ClN4O2S/c1-3-10-6-4(15(2,13)14)5(9)11-7(8)12-6/h3H2,1-2H3,(H3,9,10,11,12). The highest BCUT2D eigenvalue weighted by Crippen LogP contribution is 2.25. The maximum Gasteiger partial charge on any atom is 0.226 e. The van der Waals surface area contributed by atoms with E-state index in [0.29, 0.717) is 6.54 Å². The van der Waals surface area contributed by atoms with E-state index in [1.807, 2.05) is 0 Å². The smallest absolute Gasteiger partial charge is 0.226 e. The number of halogens is 1. The number of nitrogen functional groups attached to an aromatic ring is 1. The number of hydrogen-bond acceptors (Lipinski definition) is 6. The Hall–Kier alpha value is -1.08. The summed E-state index contributed by atoms with van der Waals surface area (Å²) < 4.78 is 22.8. The minimum Gasteiger partial charge on any atom is -0.382 e. The van der Waals surface area contributed by atoms with E-state index < -0.39 is 9.84 Å². The van der Waals surface area contributed by atoms with E-state index in [-0.39, 0.29) is 21.8 Å². The molecule has 6 nitrogen and oxygen atoms in total. The van der Waals surface area contributed by atoms with Gasteiger partial charge in [0.1, 0.15) is 5.82 Å². The average molecular weight is 251 g/mol. The molecular weight excluding hydrogens is 240 g/mol. The number of rotatable bonds is 3. The van der Waals surface area contributed by atoms with Gasteiger partial charge in [-0.25, -0.2) is 8.42 Å². The molecule has 0 radical (unpaired) electrons. The molecule has 0 fully saturated rings. The first kappa shape index (κ1) is 12.0. The summed E-state index contributed by atoms with van der Waals surface area (Å²) in [5.74, 6) is -0.00838. The SMILES string of the molecule is CCNc1nc(Cl)nc(N)c1S(C)(=O)=O. The van der Waals surface area contributed by atoms with E-state index in [2.05, 4.69) is 15.3 Å². The minimum absolute atomic E-state index is 0.0872. The van der Waals surface area contributed by atoms with E-state index in [0.717, 1.165) is 6.26 Å². The zero-order valence-electron chi connectivity index (χ0n) is 8.28. The molecule has 1 heterocycles. The van der Waals surface area contributed by atoms with Crippen molar-refractivity contribution in [3.05, 3.63) is 5.28 Å². The molecule has 0 saturated carbocycles. The lowest BCUT2D eigenvalue weighted by Crippen LogP contribution is -2.12. The summed E-state index contributed by atoms with van der Waals surface area (Å²) in [6.45, 7) is 2.31. The fourth-order valence-electron chi connectivity index (χ4n) is 1.09. The Balaban J connectivity index is 3.47. The normalized spacial score (nSPS) is 11.4. The molecule has 0 atom stereocenters. The number of nitrogens with zero attached hydrogens (tertiary/aromatic N) is 2.